The van der Waals surface area contributed by atoms with Gasteiger partial charge in [-0.15, -0.1) is 0 Å². The first kappa shape index (κ1) is 16.6. The molecule has 0 saturated carbocycles. The van der Waals surface area contributed by atoms with Crippen molar-refractivity contribution in [3.63, 3.8) is 0 Å². The van der Waals surface area contributed by atoms with Crippen LogP contribution in [-0.4, -0.2) is 11.8 Å². The molecule has 22 heavy (non-hydrogen) atoms. The Morgan fingerprint density at radius 2 is 1.50 bits per heavy atom. The molecule has 2 rings (SSSR count). The number of carbonyl (C=O) groups excluding carboxylic acids is 2. The number of amides is 2. The average Bonchev–Trinajstić information content (AvgIpc) is 2.45. The first-order chi connectivity index (χ1) is 10.5. The molecule has 2 amide bonds. The van der Waals surface area contributed by atoms with E-state index in [2.05, 4.69) is 10.6 Å². The third kappa shape index (κ3) is 4.63. The van der Waals surface area contributed by atoms with Crippen molar-refractivity contribution in [1.82, 2.24) is 0 Å². The first-order valence-electron chi connectivity index (χ1n) is 6.25. The van der Waals surface area contributed by atoms with E-state index in [0.29, 0.717) is 26.4 Å². The average molecular weight is 358 g/mol. The Morgan fingerprint density at radius 1 is 0.818 bits per heavy atom. The summed E-state index contributed by atoms with van der Waals surface area (Å²) in [5, 5.41) is 6.24. The highest BCUT2D eigenvalue weighted by Crippen LogP contribution is 2.25. The fourth-order valence-corrected chi connectivity index (χ4v) is 2.16. The van der Waals surface area contributed by atoms with E-state index in [4.69, 9.17) is 34.8 Å². The molecule has 0 unspecified atom stereocenters. The van der Waals surface area contributed by atoms with Crippen LogP contribution in [0.5, 0.6) is 0 Å². The summed E-state index contributed by atoms with van der Waals surface area (Å²) in [7, 11) is 0. The molecule has 114 valence electrons. The fourth-order valence-electron chi connectivity index (χ4n) is 1.68. The number of para-hydroxylation sites is 1. The van der Waals surface area contributed by atoms with E-state index in [9.17, 15) is 9.59 Å². The van der Waals surface area contributed by atoms with Gasteiger partial charge < -0.3 is 10.6 Å². The zero-order valence-corrected chi connectivity index (χ0v) is 13.5. The van der Waals surface area contributed by atoms with E-state index in [1.165, 1.54) is 6.07 Å². The largest absolute Gasteiger partial charge is 0.326 e. The molecule has 0 heterocycles. The van der Waals surface area contributed by atoms with Crippen molar-refractivity contribution in [2.24, 2.45) is 0 Å². The highest BCUT2D eigenvalue weighted by molar-refractivity contribution is 6.42. The van der Waals surface area contributed by atoms with Gasteiger partial charge in [-0.3, -0.25) is 9.59 Å². The van der Waals surface area contributed by atoms with Gasteiger partial charge in [0.2, 0.25) is 11.8 Å². The van der Waals surface area contributed by atoms with Crippen LogP contribution in [0.4, 0.5) is 11.4 Å². The van der Waals surface area contributed by atoms with Crippen LogP contribution in [0.15, 0.2) is 42.5 Å². The van der Waals surface area contributed by atoms with Gasteiger partial charge in [-0.1, -0.05) is 46.9 Å². The van der Waals surface area contributed by atoms with Crippen LogP contribution in [0.25, 0.3) is 0 Å². The molecule has 0 spiro atoms. The molecule has 4 nitrogen and oxygen atoms in total. The zero-order chi connectivity index (χ0) is 16.1. The lowest BCUT2D eigenvalue weighted by atomic mass is 10.2. The van der Waals surface area contributed by atoms with Crippen LogP contribution < -0.4 is 10.6 Å². The summed E-state index contributed by atoms with van der Waals surface area (Å²) in [6.07, 6.45) is -0.342. The second kappa shape index (κ2) is 7.49. The topological polar surface area (TPSA) is 58.2 Å². The first-order valence-corrected chi connectivity index (χ1v) is 7.38. The van der Waals surface area contributed by atoms with Gasteiger partial charge in [-0.25, -0.2) is 0 Å². The lowest BCUT2D eigenvalue weighted by molar-refractivity contribution is -0.123. The van der Waals surface area contributed by atoms with Crippen LogP contribution in [0, 0.1) is 0 Å². The minimum absolute atomic E-state index is 0.319. The molecule has 0 aliphatic rings. The van der Waals surface area contributed by atoms with Gasteiger partial charge >= 0.3 is 0 Å². The number of hydrogen-bond acceptors (Lipinski definition) is 2. The molecule has 0 fully saturated rings. The monoisotopic (exact) mass is 356 g/mol. The molecular formula is C15H11Cl3N2O2. The standard InChI is InChI=1S/C15H11Cl3N2O2/c16-10-6-5-9(7-12(10)18)19-14(21)8-15(22)20-13-4-2-1-3-11(13)17/h1-7H,8H2,(H,19,21)(H,20,22). The second-order valence-corrected chi connectivity index (χ2v) is 5.60. The molecule has 0 atom stereocenters. The number of carbonyl (C=O) groups is 2. The number of hydrogen-bond donors (Lipinski definition) is 2. The fraction of sp³-hybridized carbons (Fsp3) is 0.0667. The normalized spacial score (nSPS) is 10.1. The lowest BCUT2D eigenvalue weighted by Gasteiger charge is -2.08. The lowest BCUT2D eigenvalue weighted by Crippen LogP contribution is -2.21. The summed E-state index contributed by atoms with van der Waals surface area (Å²) in [5.74, 6) is -0.936. The Bertz CT molecular complexity index is 720. The highest BCUT2D eigenvalue weighted by atomic mass is 35.5. The summed E-state index contributed by atoms with van der Waals surface area (Å²) in [5.41, 5.74) is 0.918. The molecule has 2 aromatic rings. The van der Waals surface area contributed by atoms with Crippen molar-refractivity contribution in [1.29, 1.82) is 0 Å². The van der Waals surface area contributed by atoms with Gasteiger partial charge in [0.25, 0.3) is 0 Å². The quantitative estimate of drug-likeness (QED) is 0.785. The van der Waals surface area contributed by atoms with Crippen LogP contribution in [0.2, 0.25) is 15.1 Å². The van der Waals surface area contributed by atoms with Crippen molar-refractivity contribution in [2.75, 3.05) is 10.6 Å². The Kier molecular flexibility index (Phi) is 5.66. The Hall–Kier alpha value is -1.75. The van der Waals surface area contributed by atoms with Gasteiger partial charge in [0, 0.05) is 5.69 Å². The Labute approximate surface area is 142 Å². The molecule has 0 radical (unpaired) electrons. The van der Waals surface area contributed by atoms with Gasteiger partial charge in [0.05, 0.1) is 20.8 Å². The molecule has 0 aliphatic heterocycles. The van der Waals surface area contributed by atoms with E-state index >= 15 is 0 Å². The van der Waals surface area contributed by atoms with Crippen LogP contribution in [0.1, 0.15) is 6.42 Å². The van der Waals surface area contributed by atoms with E-state index in [1.54, 1.807) is 36.4 Å². The van der Waals surface area contributed by atoms with E-state index in [-0.39, 0.29) is 6.42 Å². The van der Waals surface area contributed by atoms with Gasteiger partial charge in [0.1, 0.15) is 6.42 Å². The van der Waals surface area contributed by atoms with E-state index < -0.39 is 11.8 Å². The maximum atomic E-state index is 11.8. The summed E-state index contributed by atoms with van der Waals surface area (Å²) >= 11 is 17.6. The van der Waals surface area contributed by atoms with Crippen LogP contribution in [-0.2, 0) is 9.59 Å². The molecule has 2 N–H and O–H groups in total. The van der Waals surface area contributed by atoms with Crippen LogP contribution in [0.3, 0.4) is 0 Å². The maximum absolute atomic E-state index is 11.8. The molecular weight excluding hydrogens is 347 g/mol. The minimum atomic E-state index is -0.469. The number of anilines is 2. The van der Waals surface area contributed by atoms with Gasteiger partial charge in [0.15, 0.2) is 0 Å². The Balaban J connectivity index is 1.92. The minimum Gasteiger partial charge on any atom is -0.326 e. The van der Waals surface area contributed by atoms with Crippen molar-refractivity contribution >= 4 is 58.0 Å². The number of rotatable bonds is 4. The van der Waals surface area contributed by atoms with Crippen molar-refractivity contribution in [2.45, 2.75) is 6.42 Å². The highest BCUT2D eigenvalue weighted by Gasteiger charge is 2.12. The van der Waals surface area contributed by atoms with Crippen molar-refractivity contribution in [3.8, 4) is 0 Å². The van der Waals surface area contributed by atoms with Crippen molar-refractivity contribution < 1.29 is 9.59 Å². The molecule has 7 heteroatoms. The zero-order valence-electron chi connectivity index (χ0n) is 11.2. The number of benzene rings is 2. The van der Waals surface area contributed by atoms with E-state index in [1.807, 2.05) is 0 Å². The van der Waals surface area contributed by atoms with Gasteiger partial charge in [-0.2, -0.15) is 0 Å². The van der Waals surface area contributed by atoms with Crippen molar-refractivity contribution in [3.05, 3.63) is 57.5 Å². The van der Waals surface area contributed by atoms with E-state index in [0.717, 1.165) is 0 Å². The second-order valence-electron chi connectivity index (χ2n) is 4.38. The maximum Gasteiger partial charge on any atom is 0.233 e. The predicted molar refractivity (Wildman–Crippen MR) is 89.8 cm³/mol. The van der Waals surface area contributed by atoms with Crippen LogP contribution >= 0.6 is 34.8 Å². The third-order valence-corrected chi connectivity index (χ3v) is 3.74. The SMILES string of the molecule is O=C(CC(=O)Nc1ccccc1Cl)Nc1ccc(Cl)c(Cl)c1. The molecule has 2 aromatic carbocycles. The summed E-state index contributed by atoms with van der Waals surface area (Å²) in [6.45, 7) is 0. The molecule has 0 aromatic heterocycles. The molecule has 0 bridgehead atoms. The molecule has 0 aliphatic carbocycles. The molecule has 0 saturated heterocycles. The van der Waals surface area contributed by atoms with Gasteiger partial charge in [-0.05, 0) is 30.3 Å². The summed E-state index contributed by atoms with van der Waals surface area (Å²) < 4.78 is 0. The summed E-state index contributed by atoms with van der Waals surface area (Å²) in [6, 6.07) is 11.4. The third-order valence-electron chi connectivity index (χ3n) is 2.67. The predicted octanol–water partition coefficient (Wildman–Crippen LogP) is 4.61. The summed E-state index contributed by atoms with van der Waals surface area (Å²) in [4.78, 5) is 23.6. The number of halogens is 3. The Morgan fingerprint density at radius 3 is 2.18 bits per heavy atom. The smallest absolute Gasteiger partial charge is 0.233 e. The number of nitrogens with one attached hydrogen (secondary N) is 2.